The van der Waals surface area contributed by atoms with E-state index in [-0.39, 0.29) is 5.41 Å². The fourth-order valence-electron chi connectivity index (χ4n) is 3.52. The molecule has 2 bridgehead atoms. The standard InChI is InChI=1S/C14H25Cl/c1-14(2,3)13(15)7-6-12-9-10-4-5-11(12)8-10/h10-13H,4-9H2,1-3H3. The first kappa shape index (κ1) is 11.8. The van der Waals surface area contributed by atoms with E-state index in [2.05, 4.69) is 20.8 Å². The second kappa shape index (κ2) is 4.28. The van der Waals surface area contributed by atoms with Crippen LogP contribution in [0.25, 0.3) is 0 Å². The maximum Gasteiger partial charge on any atom is 0.0384 e. The molecule has 15 heavy (non-hydrogen) atoms. The Kier molecular flexibility index (Phi) is 3.36. The average Bonchev–Trinajstić information content (AvgIpc) is 2.73. The second-order valence-corrected chi connectivity index (χ2v) is 7.37. The Balaban J connectivity index is 1.75. The summed E-state index contributed by atoms with van der Waals surface area (Å²) in [6.45, 7) is 6.77. The minimum atomic E-state index is 0.277. The fourth-order valence-corrected chi connectivity index (χ4v) is 3.65. The lowest BCUT2D eigenvalue weighted by atomic mass is 9.82. The normalized spacial score (nSPS) is 37.2. The Hall–Kier alpha value is 0.290. The molecule has 0 spiro atoms. The van der Waals surface area contributed by atoms with Crippen LogP contribution < -0.4 is 0 Å². The van der Waals surface area contributed by atoms with Gasteiger partial charge in [-0.05, 0) is 55.3 Å². The first-order chi connectivity index (χ1) is 6.97. The van der Waals surface area contributed by atoms with Crippen LogP contribution in [-0.4, -0.2) is 5.38 Å². The third-order valence-corrected chi connectivity index (χ3v) is 5.49. The van der Waals surface area contributed by atoms with E-state index >= 15 is 0 Å². The SMILES string of the molecule is CC(C)(C)C(Cl)CCC1CC2CCC1C2. The van der Waals surface area contributed by atoms with Gasteiger partial charge in [-0.3, -0.25) is 0 Å². The van der Waals surface area contributed by atoms with Crippen LogP contribution in [0.3, 0.4) is 0 Å². The zero-order chi connectivity index (χ0) is 11.1. The monoisotopic (exact) mass is 228 g/mol. The minimum absolute atomic E-state index is 0.277. The molecule has 0 radical (unpaired) electrons. The molecule has 0 aromatic rings. The Morgan fingerprint density at radius 1 is 1.20 bits per heavy atom. The number of alkyl halides is 1. The van der Waals surface area contributed by atoms with Gasteiger partial charge in [0.1, 0.15) is 0 Å². The number of halogens is 1. The van der Waals surface area contributed by atoms with Crippen LogP contribution in [0.2, 0.25) is 0 Å². The highest BCUT2D eigenvalue weighted by Gasteiger charge is 2.39. The van der Waals surface area contributed by atoms with Gasteiger partial charge in [0, 0.05) is 5.38 Å². The van der Waals surface area contributed by atoms with Gasteiger partial charge in [-0.1, -0.05) is 27.2 Å². The van der Waals surface area contributed by atoms with E-state index in [9.17, 15) is 0 Å². The Bertz CT molecular complexity index is 216. The fraction of sp³-hybridized carbons (Fsp3) is 1.00. The Morgan fingerprint density at radius 3 is 2.40 bits per heavy atom. The third kappa shape index (κ3) is 2.70. The van der Waals surface area contributed by atoms with Gasteiger partial charge in [-0.2, -0.15) is 0 Å². The summed E-state index contributed by atoms with van der Waals surface area (Å²) in [6.07, 6.45) is 8.68. The van der Waals surface area contributed by atoms with Crippen molar-refractivity contribution in [3.8, 4) is 0 Å². The predicted octanol–water partition coefficient (Wildman–Crippen LogP) is 4.86. The molecule has 88 valence electrons. The second-order valence-electron chi connectivity index (χ2n) is 6.85. The summed E-state index contributed by atoms with van der Waals surface area (Å²) in [5, 5.41) is 0.358. The van der Waals surface area contributed by atoms with Gasteiger partial charge in [0.15, 0.2) is 0 Å². The van der Waals surface area contributed by atoms with Crippen molar-refractivity contribution in [3.63, 3.8) is 0 Å². The van der Waals surface area contributed by atoms with Gasteiger partial charge < -0.3 is 0 Å². The van der Waals surface area contributed by atoms with Crippen LogP contribution >= 0.6 is 11.6 Å². The molecule has 1 heteroatoms. The summed E-state index contributed by atoms with van der Waals surface area (Å²) in [5.41, 5.74) is 0.277. The van der Waals surface area contributed by atoms with Gasteiger partial charge in [-0.25, -0.2) is 0 Å². The quantitative estimate of drug-likeness (QED) is 0.606. The highest BCUT2D eigenvalue weighted by molar-refractivity contribution is 6.21. The molecule has 0 aromatic carbocycles. The first-order valence-corrected chi connectivity index (χ1v) is 7.04. The molecule has 0 aliphatic heterocycles. The van der Waals surface area contributed by atoms with E-state index in [1.54, 1.807) is 0 Å². The molecule has 0 amide bonds. The van der Waals surface area contributed by atoms with E-state index in [1.807, 2.05) is 0 Å². The predicted molar refractivity (Wildman–Crippen MR) is 67.3 cm³/mol. The van der Waals surface area contributed by atoms with Crippen LogP contribution in [0.4, 0.5) is 0 Å². The largest absolute Gasteiger partial charge is 0.122 e. The smallest absolute Gasteiger partial charge is 0.0384 e. The number of fused-ring (bicyclic) bond motifs is 2. The summed E-state index contributed by atoms with van der Waals surface area (Å²) >= 11 is 6.44. The molecule has 2 rings (SSSR count). The van der Waals surface area contributed by atoms with Crippen LogP contribution in [0.15, 0.2) is 0 Å². The van der Waals surface area contributed by atoms with Crippen molar-refractivity contribution in [1.29, 1.82) is 0 Å². The molecule has 2 fully saturated rings. The third-order valence-electron chi connectivity index (χ3n) is 4.62. The van der Waals surface area contributed by atoms with Gasteiger partial charge >= 0.3 is 0 Å². The molecule has 0 saturated heterocycles. The molecule has 2 aliphatic carbocycles. The van der Waals surface area contributed by atoms with E-state index in [1.165, 1.54) is 38.5 Å². The van der Waals surface area contributed by atoms with Gasteiger partial charge in [0.05, 0.1) is 0 Å². The molecule has 4 atom stereocenters. The summed E-state index contributed by atoms with van der Waals surface area (Å²) in [4.78, 5) is 0. The van der Waals surface area contributed by atoms with Crippen molar-refractivity contribution in [2.24, 2.45) is 23.2 Å². The molecule has 2 aliphatic rings. The molecule has 2 saturated carbocycles. The summed E-state index contributed by atoms with van der Waals surface area (Å²) in [7, 11) is 0. The molecule has 0 nitrogen and oxygen atoms in total. The summed E-state index contributed by atoms with van der Waals surface area (Å²) in [6, 6.07) is 0. The van der Waals surface area contributed by atoms with Crippen LogP contribution in [0.5, 0.6) is 0 Å². The molecule has 0 aromatic heterocycles. The van der Waals surface area contributed by atoms with Crippen molar-refractivity contribution in [1.82, 2.24) is 0 Å². The Labute approximate surface area is 99.8 Å². The van der Waals surface area contributed by atoms with E-state index in [4.69, 9.17) is 11.6 Å². The number of rotatable bonds is 3. The highest BCUT2D eigenvalue weighted by Crippen LogP contribution is 2.50. The first-order valence-electron chi connectivity index (χ1n) is 6.61. The topological polar surface area (TPSA) is 0 Å². The lowest BCUT2D eigenvalue weighted by molar-refractivity contribution is 0.282. The van der Waals surface area contributed by atoms with Crippen molar-refractivity contribution in [3.05, 3.63) is 0 Å². The maximum atomic E-state index is 6.44. The van der Waals surface area contributed by atoms with Crippen LogP contribution in [-0.2, 0) is 0 Å². The van der Waals surface area contributed by atoms with Crippen molar-refractivity contribution in [2.75, 3.05) is 0 Å². The van der Waals surface area contributed by atoms with E-state index in [0.717, 1.165) is 17.8 Å². The lowest BCUT2D eigenvalue weighted by Gasteiger charge is -2.28. The van der Waals surface area contributed by atoms with Crippen molar-refractivity contribution in [2.45, 2.75) is 64.7 Å². The van der Waals surface area contributed by atoms with Crippen LogP contribution in [0, 0.1) is 23.2 Å². The van der Waals surface area contributed by atoms with Gasteiger partial charge in [0.25, 0.3) is 0 Å². The highest BCUT2D eigenvalue weighted by atomic mass is 35.5. The summed E-state index contributed by atoms with van der Waals surface area (Å²) < 4.78 is 0. The van der Waals surface area contributed by atoms with Crippen molar-refractivity contribution < 1.29 is 0 Å². The molecule has 4 unspecified atom stereocenters. The van der Waals surface area contributed by atoms with Gasteiger partial charge in [0.2, 0.25) is 0 Å². The number of hydrogen-bond donors (Lipinski definition) is 0. The maximum absolute atomic E-state index is 6.44. The average molecular weight is 229 g/mol. The van der Waals surface area contributed by atoms with Gasteiger partial charge in [-0.15, -0.1) is 11.6 Å². The zero-order valence-corrected chi connectivity index (χ0v) is 11.2. The van der Waals surface area contributed by atoms with E-state index < -0.39 is 0 Å². The zero-order valence-electron chi connectivity index (χ0n) is 10.4. The summed E-state index contributed by atoms with van der Waals surface area (Å²) in [5.74, 6) is 3.18. The van der Waals surface area contributed by atoms with Crippen LogP contribution in [0.1, 0.15) is 59.3 Å². The Morgan fingerprint density at radius 2 is 1.93 bits per heavy atom. The minimum Gasteiger partial charge on any atom is -0.122 e. The molecule has 0 N–H and O–H groups in total. The lowest BCUT2D eigenvalue weighted by Crippen LogP contribution is -2.22. The molecule has 0 heterocycles. The number of hydrogen-bond acceptors (Lipinski definition) is 0. The van der Waals surface area contributed by atoms with Crippen molar-refractivity contribution >= 4 is 11.6 Å². The molecular formula is C14H25Cl. The molecular weight excluding hydrogens is 204 g/mol. The van der Waals surface area contributed by atoms with E-state index in [0.29, 0.717) is 5.38 Å².